The molecule has 0 spiro atoms. The summed E-state index contributed by atoms with van der Waals surface area (Å²) >= 11 is 0. The van der Waals surface area contributed by atoms with Gasteiger partial charge in [-0.25, -0.2) is 8.78 Å². The van der Waals surface area contributed by atoms with Crippen LogP contribution in [-0.2, 0) is 0 Å². The van der Waals surface area contributed by atoms with Crippen molar-refractivity contribution in [3.8, 4) is 0 Å². The van der Waals surface area contributed by atoms with Crippen LogP contribution in [0.5, 0.6) is 0 Å². The molecule has 76 valence electrons. The minimum absolute atomic E-state index is 0.605. The molecule has 0 amide bonds. The Morgan fingerprint density at radius 2 is 2.07 bits per heavy atom. The lowest BCUT2D eigenvalue weighted by Crippen LogP contribution is -2.01. The summed E-state index contributed by atoms with van der Waals surface area (Å²) in [5.41, 5.74) is 0.605. The molecule has 0 atom stereocenters. The fraction of sp³-hybridized carbons (Fsp3) is 0.273. The van der Waals surface area contributed by atoms with E-state index in [4.69, 9.17) is 0 Å². The van der Waals surface area contributed by atoms with E-state index >= 15 is 0 Å². The Kier molecular flexibility index (Phi) is 4.11. The van der Waals surface area contributed by atoms with Crippen molar-refractivity contribution in [2.75, 3.05) is 11.9 Å². The van der Waals surface area contributed by atoms with Crippen LogP contribution in [0.4, 0.5) is 14.5 Å². The quantitative estimate of drug-likeness (QED) is 0.564. The van der Waals surface area contributed by atoms with Gasteiger partial charge in [-0.3, -0.25) is 0 Å². The van der Waals surface area contributed by atoms with Crippen molar-refractivity contribution in [1.82, 2.24) is 0 Å². The van der Waals surface area contributed by atoms with Gasteiger partial charge >= 0.3 is 0 Å². The Morgan fingerprint density at radius 1 is 1.29 bits per heavy atom. The highest BCUT2D eigenvalue weighted by atomic mass is 19.2. The maximum Gasteiger partial charge on any atom is 0.160 e. The van der Waals surface area contributed by atoms with Crippen molar-refractivity contribution < 1.29 is 8.78 Å². The van der Waals surface area contributed by atoms with Crippen LogP contribution in [0.25, 0.3) is 0 Å². The van der Waals surface area contributed by atoms with Crippen LogP contribution in [0.3, 0.4) is 0 Å². The average molecular weight is 197 g/mol. The molecule has 1 nitrogen and oxygen atoms in total. The van der Waals surface area contributed by atoms with Gasteiger partial charge in [-0.1, -0.05) is 6.08 Å². The standard InChI is InChI=1S/C11H13F2N/c1-2-3-4-7-14-9-5-6-10(12)11(13)8-9/h2,5-6,8,14H,1,3-4,7H2. The highest BCUT2D eigenvalue weighted by Gasteiger charge is 2.00. The summed E-state index contributed by atoms with van der Waals surface area (Å²) in [6.45, 7) is 4.33. The van der Waals surface area contributed by atoms with Crippen LogP contribution >= 0.6 is 0 Å². The molecule has 0 heterocycles. The van der Waals surface area contributed by atoms with E-state index in [-0.39, 0.29) is 0 Å². The third-order valence-electron chi connectivity index (χ3n) is 1.83. The number of halogens is 2. The highest BCUT2D eigenvalue weighted by molar-refractivity contribution is 5.43. The second-order valence-electron chi connectivity index (χ2n) is 2.99. The van der Waals surface area contributed by atoms with Gasteiger partial charge in [0.05, 0.1) is 0 Å². The monoisotopic (exact) mass is 197 g/mol. The molecule has 0 saturated heterocycles. The lowest BCUT2D eigenvalue weighted by atomic mass is 10.2. The maximum absolute atomic E-state index is 12.7. The third kappa shape index (κ3) is 3.17. The molecule has 14 heavy (non-hydrogen) atoms. The van der Waals surface area contributed by atoms with E-state index in [1.165, 1.54) is 6.07 Å². The molecule has 1 aromatic carbocycles. The van der Waals surface area contributed by atoms with Crippen LogP contribution in [0, 0.1) is 11.6 Å². The molecule has 1 N–H and O–H groups in total. The Hall–Kier alpha value is -1.38. The Morgan fingerprint density at radius 3 is 2.71 bits per heavy atom. The summed E-state index contributed by atoms with van der Waals surface area (Å²) in [5.74, 6) is -1.64. The van der Waals surface area contributed by atoms with Crippen LogP contribution < -0.4 is 5.32 Å². The van der Waals surface area contributed by atoms with Crippen LogP contribution in [0.1, 0.15) is 12.8 Å². The Balaban J connectivity index is 2.43. The predicted molar refractivity (Wildman–Crippen MR) is 54.3 cm³/mol. The van der Waals surface area contributed by atoms with Crippen LogP contribution in [-0.4, -0.2) is 6.54 Å². The van der Waals surface area contributed by atoms with E-state index < -0.39 is 11.6 Å². The number of allylic oxidation sites excluding steroid dienone is 1. The van der Waals surface area contributed by atoms with Gasteiger partial charge in [0.2, 0.25) is 0 Å². The Bertz CT molecular complexity index is 310. The number of anilines is 1. The van der Waals surface area contributed by atoms with Gasteiger partial charge < -0.3 is 5.32 Å². The molecular formula is C11H13F2N. The Labute approximate surface area is 82.4 Å². The zero-order valence-electron chi connectivity index (χ0n) is 7.89. The molecule has 3 heteroatoms. The van der Waals surface area contributed by atoms with Crippen LogP contribution in [0.2, 0.25) is 0 Å². The SMILES string of the molecule is C=CCCCNc1ccc(F)c(F)c1. The van der Waals surface area contributed by atoms with Crippen molar-refractivity contribution >= 4 is 5.69 Å². The second-order valence-corrected chi connectivity index (χ2v) is 2.99. The normalized spacial score (nSPS) is 9.86. The number of benzene rings is 1. The summed E-state index contributed by atoms with van der Waals surface area (Å²) < 4.78 is 25.2. The van der Waals surface area contributed by atoms with Gasteiger partial charge in [-0.2, -0.15) is 0 Å². The second kappa shape index (κ2) is 5.37. The number of hydrogen-bond acceptors (Lipinski definition) is 1. The van der Waals surface area contributed by atoms with E-state index in [1.807, 2.05) is 6.08 Å². The van der Waals surface area contributed by atoms with Crippen molar-refractivity contribution in [3.05, 3.63) is 42.5 Å². The highest BCUT2D eigenvalue weighted by Crippen LogP contribution is 2.12. The van der Waals surface area contributed by atoms with Gasteiger partial charge in [0, 0.05) is 12.2 Å². The van der Waals surface area contributed by atoms with Crippen molar-refractivity contribution in [3.63, 3.8) is 0 Å². The largest absolute Gasteiger partial charge is 0.385 e. The van der Waals surface area contributed by atoms with Crippen molar-refractivity contribution in [2.24, 2.45) is 0 Å². The van der Waals surface area contributed by atoms with E-state index in [2.05, 4.69) is 11.9 Å². The maximum atomic E-state index is 12.7. The molecule has 0 fully saturated rings. The number of hydrogen-bond donors (Lipinski definition) is 1. The van der Waals surface area contributed by atoms with Gasteiger partial charge in [0.25, 0.3) is 0 Å². The van der Waals surface area contributed by atoms with Crippen LogP contribution in [0.15, 0.2) is 30.9 Å². The summed E-state index contributed by atoms with van der Waals surface area (Å²) in [6.07, 6.45) is 3.67. The lowest BCUT2D eigenvalue weighted by molar-refractivity contribution is 0.509. The molecule has 1 aromatic rings. The summed E-state index contributed by atoms with van der Waals surface area (Å²) in [5, 5.41) is 2.99. The molecule has 0 radical (unpaired) electrons. The number of unbranched alkanes of at least 4 members (excludes halogenated alkanes) is 1. The first-order valence-electron chi connectivity index (χ1n) is 4.54. The smallest absolute Gasteiger partial charge is 0.160 e. The van der Waals surface area contributed by atoms with Gasteiger partial charge in [0.15, 0.2) is 11.6 Å². The van der Waals surface area contributed by atoms with Gasteiger partial charge in [0.1, 0.15) is 0 Å². The molecule has 0 aromatic heterocycles. The zero-order chi connectivity index (χ0) is 10.4. The molecular weight excluding hydrogens is 184 g/mol. The first-order valence-corrected chi connectivity index (χ1v) is 4.54. The third-order valence-corrected chi connectivity index (χ3v) is 1.83. The fourth-order valence-electron chi connectivity index (χ4n) is 1.09. The number of nitrogens with one attached hydrogen (secondary N) is 1. The summed E-state index contributed by atoms with van der Waals surface area (Å²) in [6, 6.07) is 3.79. The predicted octanol–water partition coefficient (Wildman–Crippen LogP) is 3.34. The fourth-order valence-corrected chi connectivity index (χ4v) is 1.09. The molecule has 1 rings (SSSR count). The summed E-state index contributed by atoms with van der Waals surface area (Å²) in [7, 11) is 0. The molecule has 0 aliphatic rings. The van der Waals surface area contributed by atoms with E-state index in [0.29, 0.717) is 5.69 Å². The first kappa shape index (κ1) is 10.7. The summed E-state index contributed by atoms with van der Waals surface area (Å²) in [4.78, 5) is 0. The first-order chi connectivity index (χ1) is 6.74. The van der Waals surface area contributed by atoms with E-state index in [1.54, 1.807) is 0 Å². The molecule has 0 saturated carbocycles. The van der Waals surface area contributed by atoms with Gasteiger partial charge in [-0.05, 0) is 31.0 Å². The molecule has 0 aliphatic carbocycles. The van der Waals surface area contributed by atoms with E-state index in [0.717, 1.165) is 31.5 Å². The molecule has 0 bridgehead atoms. The van der Waals surface area contributed by atoms with Crippen molar-refractivity contribution in [1.29, 1.82) is 0 Å². The lowest BCUT2D eigenvalue weighted by Gasteiger charge is -2.05. The average Bonchev–Trinajstić information content (AvgIpc) is 2.18. The zero-order valence-corrected chi connectivity index (χ0v) is 7.89. The molecule has 0 unspecified atom stereocenters. The topological polar surface area (TPSA) is 12.0 Å². The number of rotatable bonds is 5. The minimum atomic E-state index is -0.821. The molecule has 0 aliphatic heterocycles. The van der Waals surface area contributed by atoms with Crippen molar-refractivity contribution in [2.45, 2.75) is 12.8 Å². The minimum Gasteiger partial charge on any atom is -0.385 e. The van der Waals surface area contributed by atoms with Gasteiger partial charge in [-0.15, -0.1) is 6.58 Å². The van der Waals surface area contributed by atoms with E-state index in [9.17, 15) is 8.78 Å².